The van der Waals surface area contributed by atoms with Crippen molar-refractivity contribution in [2.24, 2.45) is 5.73 Å². The summed E-state index contributed by atoms with van der Waals surface area (Å²) in [7, 11) is 0. The van der Waals surface area contributed by atoms with Gasteiger partial charge in [0.05, 0.1) is 6.61 Å². The molecule has 2 N–H and O–H groups in total. The van der Waals surface area contributed by atoms with E-state index in [0.29, 0.717) is 6.54 Å². The Bertz CT molecular complexity index is 198. The first kappa shape index (κ1) is 12.7. The number of halogens is 3. The molecule has 1 heterocycles. The van der Waals surface area contributed by atoms with E-state index >= 15 is 0 Å². The molecule has 0 aromatic heterocycles. The van der Waals surface area contributed by atoms with Crippen LogP contribution in [0.4, 0.5) is 13.2 Å². The third-order valence-corrected chi connectivity index (χ3v) is 2.70. The molecule has 1 saturated heterocycles. The maximum absolute atomic E-state index is 11.7. The fourth-order valence-corrected chi connectivity index (χ4v) is 1.87. The van der Waals surface area contributed by atoms with Gasteiger partial charge in [-0.3, -0.25) is 9.64 Å². The Labute approximate surface area is 87.4 Å². The molecular weight excluding hydrogens is 209 g/mol. The Kier molecular flexibility index (Phi) is 4.36. The molecule has 0 aromatic carbocycles. The van der Waals surface area contributed by atoms with E-state index in [2.05, 4.69) is 4.74 Å². The quantitative estimate of drug-likeness (QED) is 0.789. The van der Waals surface area contributed by atoms with Crippen LogP contribution in [0.1, 0.15) is 19.8 Å². The molecule has 2 atom stereocenters. The third kappa shape index (κ3) is 4.81. The first-order valence-corrected chi connectivity index (χ1v) is 5.09. The van der Waals surface area contributed by atoms with Gasteiger partial charge in [0.25, 0.3) is 0 Å². The summed E-state index contributed by atoms with van der Waals surface area (Å²) in [5.41, 5.74) is 5.75. The molecule has 1 fully saturated rings. The highest BCUT2D eigenvalue weighted by atomic mass is 19.4. The van der Waals surface area contributed by atoms with Gasteiger partial charge in [0.1, 0.15) is 0 Å². The van der Waals surface area contributed by atoms with Crippen molar-refractivity contribution in [3.05, 3.63) is 0 Å². The van der Waals surface area contributed by atoms with Crippen LogP contribution in [0.2, 0.25) is 0 Å². The molecule has 90 valence electrons. The van der Waals surface area contributed by atoms with Crippen molar-refractivity contribution in [3.8, 4) is 0 Å². The summed E-state index contributed by atoms with van der Waals surface area (Å²) in [5, 5.41) is 0. The lowest BCUT2D eigenvalue weighted by Crippen LogP contribution is -2.46. The van der Waals surface area contributed by atoms with Crippen LogP contribution in [0.15, 0.2) is 0 Å². The van der Waals surface area contributed by atoms with E-state index in [1.807, 2.05) is 11.8 Å². The average Bonchev–Trinajstić information content (AvgIpc) is 2.07. The Balaban J connectivity index is 2.21. The zero-order valence-corrected chi connectivity index (χ0v) is 8.76. The van der Waals surface area contributed by atoms with Crippen molar-refractivity contribution in [1.82, 2.24) is 4.90 Å². The number of ether oxygens (including phenoxy) is 1. The fourth-order valence-electron chi connectivity index (χ4n) is 1.87. The summed E-state index contributed by atoms with van der Waals surface area (Å²) >= 11 is 0. The molecule has 0 aromatic rings. The second kappa shape index (κ2) is 5.14. The van der Waals surface area contributed by atoms with E-state index in [-0.39, 0.29) is 18.7 Å². The highest BCUT2D eigenvalue weighted by Crippen LogP contribution is 2.18. The van der Waals surface area contributed by atoms with Gasteiger partial charge in [0.15, 0.2) is 0 Å². The SMILES string of the molecule is CC1CC(N)CCN1CCOC(F)(F)F. The van der Waals surface area contributed by atoms with Crippen molar-refractivity contribution in [2.45, 2.75) is 38.2 Å². The van der Waals surface area contributed by atoms with E-state index in [4.69, 9.17) is 5.73 Å². The predicted octanol–water partition coefficient (Wildman–Crippen LogP) is 1.33. The van der Waals surface area contributed by atoms with E-state index in [1.165, 1.54) is 0 Å². The van der Waals surface area contributed by atoms with Crippen LogP contribution in [0, 0.1) is 0 Å². The molecule has 3 nitrogen and oxygen atoms in total. The fraction of sp³-hybridized carbons (Fsp3) is 1.00. The first-order chi connectivity index (χ1) is 6.88. The molecular formula is C9H17F3N2O. The summed E-state index contributed by atoms with van der Waals surface area (Å²) in [4.78, 5) is 1.98. The average molecular weight is 226 g/mol. The van der Waals surface area contributed by atoms with Gasteiger partial charge in [-0.1, -0.05) is 0 Å². The Morgan fingerprint density at radius 2 is 2.13 bits per heavy atom. The number of hydrogen-bond acceptors (Lipinski definition) is 3. The van der Waals surface area contributed by atoms with Crippen molar-refractivity contribution in [3.63, 3.8) is 0 Å². The van der Waals surface area contributed by atoms with E-state index in [9.17, 15) is 13.2 Å². The van der Waals surface area contributed by atoms with Crippen molar-refractivity contribution in [1.29, 1.82) is 0 Å². The summed E-state index contributed by atoms with van der Waals surface area (Å²) in [6.07, 6.45) is -2.84. The van der Waals surface area contributed by atoms with Gasteiger partial charge in [-0.2, -0.15) is 0 Å². The van der Waals surface area contributed by atoms with E-state index in [1.54, 1.807) is 0 Å². The minimum absolute atomic E-state index is 0.180. The number of nitrogens with two attached hydrogens (primary N) is 1. The zero-order chi connectivity index (χ0) is 11.5. The summed E-state index contributed by atoms with van der Waals surface area (Å²) in [6.45, 7) is 2.74. The van der Waals surface area contributed by atoms with Crippen molar-refractivity contribution >= 4 is 0 Å². The zero-order valence-electron chi connectivity index (χ0n) is 8.76. The number of likely N-dealkylation sites (tertiary alicyclic amines) is 1. The Morgan fingerprint density at radius 3 is 2.67 bits per heavy atom. The summed E-state index contributed by atoms with van der Waals surface area (Å²) in [6, 6.07) is 0.422. The van der Waals surface area contributed by atoms with Gasteiger partial charge >= 0.3 is 6.36 Å². The highest BCUT2D eigenvalue weighted by Gasteiger charge is 2.30. The molecule has 0 saturated carbocycles. The van der Waals surface area contributed by atoms with Crippen molar-refractivity contribution in [2.75, 3.05) is 19.7 Å². The maximum Gasteiger partial charge on any atom is 0.522 e. The van der Waals surface area contributed by atoms with Gasteiger partial charge in [-0.15, -0.1) is 13.2 Å². The molecule has 1 rings (SSSR count). The Morgan fingerprint density at radius 1 is 1.47 bits per heavy atom. The van der Waals surface area contributed by atoms with Gasteiger partial charge in [-0.25, -0.2) is 0 Å². The number of piperidine rings is 1. The second-order valence-electron chi connectivity index (χ2n) is 3.96. The molecule has 1 aliphatic rings. The molecule has 6 heteroatoms. The van der Waals surface area contributed by atoms with Crippen LogP contribution in [0.3, 0.4) is 0 Å². The molecule has 0 aliphatic carbocycles. The molecule has 0 amide bonds. The van der Waals surface area contributed by atoms with Gasteiger partial charge in [0.2, 0.25) is 0 Å². The number of hydrogen-bond donors (Lipinski definition) is 1. The number of alkyl halides is 3. The summed E-state index contributed by atoms with van der Waals surface area (Å²) in [5.74, 6) is 0. The van der Waals surface area contributed by atoms with Crippen LogP contribution in [0.25, 0.3) is 0 Å². The smallest absolute Gasteiger partial charge is 0.328 e. The van der Waals surface area contributed by atoms with Crippen LogP contribution in [0.5, 0.6) is 0 Å². The summed E-state index contributed by atoms with van der Waals surface area (Å²) < 4.78 is 38.9. The lowest BCUT2D eigenvalue weighted by molar-refractivity contribution is -0.325. The number of rotatable bonds is 3. The molecule has 0 spiro atoms. The lowest BCUT2D eigenvalue weighted by Gasteiger charge is -2.36. The van der Waals surface area contributed by atoms with Crippen LogP contribution < -0.4 is 5.73 Å². The van der Waals surface area contributed by atoms with Crippen LogP contribution >= 0.6 is 0 Å². The molecule has 0 radical (unpaired) electrons. The minimum atomic E-state index is -4.52. The maximum atomic E-state index is 11.7. The molecule has 2 unspecified atom stereocenters. The van der Waals surface area contributed by atoms with Gasteiger partial charge in [-0.05, 0) is 26.3 Å². The monoisotopic (exact) mass is 226 g/mol. The predicted molar refractivity (Wildman–Crippen MR) is 50.3 cm³/mol. The first-order valence-electron chi connectivity index (χ1n) is 5.09. The van der Waals surface area contributed by atoms with E-state index in [0.717, 1.165) is 19.4 Å². The lowest BCUT2D eigenvalue weighted by atomic mass is 9.99. The normalized spacial score (nSPS) is 29.4. The van der Waals surface area contributed by atoms with E-state index < -0.39 is 6.36 Å². The second-order valence-corrected chi connectivity index (χ2v) is 3.96. The number of nitrogens with zero attached hydrogens (tertiary/aromatic N) is 1. The van der Waals surface area contributed by atoms with Crippen LogP contribution in [-0.2, 0) is 4.74 Å². The molecule has 15 heavy (non-hydrogen) atoms. The Hall–Kier alpha value is -0.330. The molecule has 1 aliphatic heterocycles. The largest absolute Gasteiger partial charge is 0.522 e. The highest BCUT2D eigenvalue weighted by molar-refractivity contribution is 4.80. The minimum Gasteiger partial charge on any atom is -0.328 e. The topological polar surface area (TPSA) is 38.5 Å². The third-order valence-electron chi connectivity index (χ3n) is 2.70. The molecule has 0 bridgehead atoms. The van der Waals surface area contributed by atoms with Crippen LogP contribution in [-0.4, -0.2) is 43.0 Å². The van der Waals surface area contributed by atoms with Crippen molar-refractivity contribution < 1.29 is 17.9 Å². The standard InChI is InChI=1S/C9H17F3N2O/c1-7-6-8(13)2-3-14(7)4-5-15-9(10,11)12/h7-8H,2-6,13H2,1H3. The van der Waals surface area contributed by atoms with Gasteiger partial charge < -0.3 is 5.73 Å². The van der Waals surface area contributed by atoms with Gasteiger partial charge in [0, 0.05) is 18.6 Å².